The van der Waals surface area contributed by atoms with E-state index in [1.54, 1.807) is 4.90 Å². The molecule has 0 saturated carbocycles. The molecule has 0 spiro atoms. The number of hydrogen-bond donors (Lipinski definition) is 2. The van der Waals surface area contributed by atoms with E-state index in [9.17, 15) is 18.7 Å². The number of piperazine rings is 1. The fraction of sp³-hybridized carbons (Fsp3) is 0.438. The number of rotatable bonds is 5. The summed E-state index contributed by atoms with van der Waals surface area (Å²) < 4.78 is 62.8. The SMILES string of the molecule is [2H]C([2H])(Oc1nc(N2C[C@H]3CC[C@@H](C2)N3)c2cnn(-c3cc(O)cc4ccc(F)c(C#C)c34)c(=O)c2n1)[C@@]12CCCN1C[C@]([2H])(F)C2. The van der Waals surface area contributed by atoms with Gasteiger partial charge >= 0.3 is 6.01 Å². The molecule has 2 N–H and O–H groups in total. The molecule has 6 heterocycles. The van der Waals surface area contributed by atoms with Crippen LogP contribution in [0.4, 0.5) is 14.6 Å². The normalized spacial score (nSPS) is 29.4. The quantitative estimate of drug-likeness (QED) is 0.333. The average molecular weight is 603 g/mol. The summed E-state index contributed by atoms with van der Waals surface area (Å²) in [6.07, 6.45) is 7.17. The van der Waals surface area contributed by atoms with Crippen molar-refractivity contribution in [1.82, 2.24) is 30.0 Å². The highest BCUT2D eigenvalue weighted by Crippen LogP contribution is 2.40. The summed E-state index contributed by atoms with van der Waals surface area (Å²) in [5.41, 5.74) is -2.41. The van der Waals surface area contributed by atoms with Gasteiger partial charge in [0, 0.05) is 49.6 Å². The van der Waals surface area contributed by atoms with Crippen LogP contribution in [0.25, 0.3) is 27.4 Å². The number of alkyl halides is 1. The summed E-state index contributed by atoms with van der Waals surface area (Å²) in [7, 11) is 0. The van der Waals surface area contributed by atoms with Crippen molar-refractivity contribution in [2.75, 3.05) is 37.6 Å². The first-order chi connectivity index (χ1) is 22.4. The van der Waals surface area contributed by atoms with E-state index in [1.807, 2.05) is 4.90 Å². The van der Waals surface area contributed by atoms with E-state index in [0.717, 1.165) is 17.5 Å². The summed E-state index contributed by atoms with van der Waals surface area (Å²) >= 11 is 0. The molecule has 2 bridgehead atoms. The second kappa shape index (κ2) is 10.1. The summed E-state index contributed by atoms with van der Waals surface area (Å²) in [6.45, 7) is -1.19. The molecule has 4 fully saturated rings. The van der Waals surface area contributed by atoms with Crippen LogP contribution >= 0.6 is 0 Å². The zero-order chi connectivity index (χ0) is 32.9. The summed E-state index contributed by atoms with van der Waals surface area (Å²) in [5, 5.41) is 19.4. The molecule has 10 nitrogen and oxygen atoms in total. The van der Waals surface area contributed by atoms with Crippen LogP contribution in [0.3, 0.4) is 0 Å². The molecule has 4 aliphatic heterocycles. The first-order valence-corrected chi connectivity index (χ1v) is 14.7. The molecule has 4 atom stereocenters. The van der Waals surface area contributed by atoms with Crippen LogP contribution in [0.15, 0.2) is 35.3 Å². The van der Waals surface area contributed by atoms with Crippen LogP contribution in [-0.4, -0.2) is 86.3 Å². The van der Waals surface area contributed by atoms with Gasteiger partial charge in [0.15, 0.2) is 0 Å². The van der Waals surface area contributed by atoms with Gasteiger partial charge in [0.25, 0.3) is 5.56 Å². The molecule has 4 aliphatic rings. The Labute approximate surface area is 255 Å². The van der Waals surface area contributed by atoms with Crippen molar-refractivity contribution in [3.8, 4) is 29.8 Å². The zero-order valence-electron chi connectivity index (χ0n) is 26.7. The van der Waals surface area contributed by atoms with Gasteiger partial charge in [-0.2, -0.15) is 19.7 Å². The van der Waals surface area contributed by atoms with E-state index in [-0.39, 0.29) is 59.4 Å². The van der Waals surface area contributed by atoms with E-state index >= 15 is 0 Å². The minimum absolute atomic E-state index is 0.0266. The molecule has 12 heteroatoms. The topological polar surface area (TPSA) is 109 Å². The van der Waals surface area contributed by atoms with E-state index in [0.29, 0.717) is 42.6 Å². The van der Waals surface area contributed by atoms with Crippen molar-refractivity contribution in [2.24, 2.45) is 0 Å². The second-order valence-corrected chi connectivity index (χ2v) is 12.1. The van der Waals surface area contributed by atoms with Gasteiger partial charge in [-0.1, -0.05) is 12.0 Å². The van der Waals surface area contributed by atoms with Crippen LogP contribution in [-0.2, 0) is 0 Å². The van der Waals surface area contributed by atoms with Crippen molar-refractivity contribution in [3.63, 3.8) is 0 Å². The number of benzene rings is 2. The van der Waals surface area contributed by atoms with Gasteiger partial charge in [0.05, 0.1) is 32.5 Å². The van der Waals surface area contributed by atoms with Gasteiger partial charge < -0.3 is 20.1 Å². The number of ether oxygens (including phenoxy) is 1. The van der Waals surface area contributed by atoms with Gasteiger partial charge in [0.2, 0.25) is 0 Å². The van der Waals surface area contributed by atoms with Crippen LogP contribution < -0.4 is 20.5 Å². The molecule has 0 unspecified atom stereocenters. The van der Waals surface area contributed by atoms with Gasteiger partial charge in [-0.3, -0.25) is 9.69 Å². The molecule has 2 aromatic carbocycles. The Morgan fingerprint density at radius 2 is 2.07 bits per heavy atom. The van der Waals surface area contributed by atoms with Crippen LogP contribution in [0.1, 0.15) is 41.8 Å². The summed E-state index contributed by atoms with van der Waals surface area (Å²) in [4.78, 5) is 27.0. The first-order valence-electron chi connectivity index (χ1n) is 16.2. The van der Waals surface area contributed by atoms with Gasteiger partial charge in [0.1, 0.15) is 35.6 Å². The summed E-state index contributed by atoms with van der Waals surface area (Å²) in [6, 6.07) is 5.24. The van der Waals surface area contributed by atoms with E-state index < -0.39 is 35.6 Å². The minimum atomic E-state index is -2.52. The van der Waals surface area contributed by atoms with Crippen molar-refractivity contribution in [1.29, 1.82) is 0 Å². The number of aromatic hydroxyl groups is 1. The number of nitrogens with one attached hydrogen (secondary N) is 1. The molecule has 226 valence electrons. The molecule has 0 amide bonds. The first kappa shape index (κ1) is 24.0. The van der Waals surface area contributed by atoms with E-state index in [4.69, 9.17) is 15.3 Å². The highest BCUT2D eigenvalue weighted by molar-refractivity contribution is 5.97. The number of anilines is 1. The van der Waals surface area contributed by atoms with Crippen molar-refractivity contribution >= 4 is 27.5 Å². The monoisotopic (exact) mass is 602 g/mol. The number of phenols is 1. The highest BCUT2D eigenvalue weighted by Gasteiger charge is 2.49. The Bertz CT molecular complexity index is 2060. The second-order valence-electron chi connectivity index (χ2n) is 12.1. The number of nitrogens with zero attached hydrogens (tertiary/aromatic N) is 6. The van der Waals surface area contributed by atoms with Crippen LogP contribution in [0.2, 0.25) is 0 Å². The van der Waals surface area contributed by atoms with Gasteiger partial charge in [-0.25, -0.2) is 8.78 Å². The Kier molecular flexibility index (Phi) is 5.52. The molecule has 0 aliphatic carbocycles. The number of aromatic nitrogens is 4. The predicted molar refractivity (Wildman–Crippen MR) is 161 cm³/mol. The minimum Gasteiger partial charge on any atom is -0.508 e. The molecule has 8 rings (SSSR count). The van der Waals surface area contributed by atoms with Gasteiger partial charge in [-0.05, 0) is 49.7 Å². The Morgan fingerprint density at radius 1 is 1.25 bits per heavy atom. The maximum atomic E-state index is 15.0. The molecular formula is C32H31F2N7O3. The third-order valence-corrected chi connectivity index (χ3v) is 9.32. The maximum absolute atomic E-state index is 15.0. The third-order valence-electron chi connectivity index (χ3n) is 9.32. The summed E-state index contributed by atoms with van der Waals surface area (Å²) in [5.74, 6) is 1.77. The van der Waals surface area contributed by atoms with Crippen LogP contribution in [0.5, 0.6) is 11.8 Å². The third kappa shape index (κ3) is 4.29. The Morgan fingerprint density at radius 3 is 2.86 bits per heavy atom. The van der Waals surface area contributed by atoms with E-state index in [2.05, 4.69) is 26.3 Å². The Hall–Kier alpha value is -4.34. The molecule has 2 aromatic heterocycles. The lowest BCUT2D eigenvalue weighted by atomic mass is 9.95. The molecule has 4 saturated heterocycles. The van der Waals surface area contributed by atoms with Crippen molar-refractivity contribution in [2.45, 2.75) is 55.9 Å². The predicted octanol–water partition coefficient (Wildman–Crippen LogP) is 3.05. The standard InChI is InChI=1S/C32H31F2N7O3/c1-2-23-25(34)7-4-18-10-22(42)11-26(27(18)23)41-30(43)28-24(13-35-41)29(39-15-20-5-6-21(16-39)36-20)38-31(37-28)44-17-32-8-3-9-40(32)14-19(33)12-32/h1,4,7,10-11,13,19-21,36,42H,3,5-6,8-9,12,14-17H2/t19-,20-,21+,32+/m1/s1/i17D2,19D. The van der Waals surface area contributed by atoms with Crippen LogP contribution in [0, 0.1) is 18.2 Å². The fourth-order valence-electron chi connectivity index (χ4n) is 7.36. The maximum Gasteiger partial charge on any atom is 0.319 e. The molecule has 4 aromatic rings. The van der Waals surface area contributed by atoms with E-state index in [1.165, 1.54) is 30.5 Å². The number of terminal acetylenes is 1. The number of phenolic OH excluding ortho intramolecular Hbond substituents is 1. The van der Waals surface area contributed by atoms with Gasteiger partial charge in [-0.15, -0.1) is 6.42 Å². The fourth-order valence-corrected chi connectivity index (χ4v) is 7.36. The molecular weight excluding hydrogens is 568 g/mol. The number of hydrogen-bond acceptors (Lipinski definition) is 9. The lowest BCUT2D eigenvalue weighted by Gasteiger charge is -2.34. The molecule has 0 radical (unpaired) electrons. The number of fused-ring (bicyclic) bond motifs is 5. The zero-order valence-corrected chi connectivity index (χ0v) is 23.7. The van der Waals surface area contributed by atoms with Crippen molar-refractivity contribution in [3.05, 3.63) is 52.2 Å². The highest BCUT2D eigenvalue weighted by atomic mass is 19.1. The average Bonchev–Trinajstić information content (AvgIpc) is 3.66. The smallest absolute Gasteiger partial charge is 0.319 e. The van der Waals surface area contributed by atoms with Crippen molar-refractivity contribution < 1.29 is 22.7 Å². The Balaban J connectivity index is 1.31. The lowest BCUT2D eigenvalue weighted by Crippen LogP contribution is -2.51. The lowest BCUT2D eigenvalue weighted by molar-refractivity contribution is 0.107. The largest absolute Gasteiger partial charge is 0.508 e. The molecule has 44 heavy (non-hydrogen) atoms. The number of halogens is 2.